The van der Waals surface area contributed by atoms with Gasteiger partial charge < -0.3 is 4.90 Å². The van der Waals surface area contributed by atoms with Crippen LogP contribution in [0.1, 0.15) is 35.7 Å². The number of carbonyl (C=O) groups is 1. The number of hydrogen-bond donors (Lipinski definition) is 1. The molecule has 1 N–H and O–H groups in total. The molecule has 0 unspecified atom stereocenters. The number of pyridine rings is 1. The van der Waals surface area contributed by atoms with Crippen molar-refractivity contribution in [1.82, 2.24) is 20.1 Å². The van der Waals surface area contributed by atoms with Gasteiger partial charge in [-0.3, -0.25) is 14.9 Å². The van der Waals surface area contributed by atoms with Crippen LogP contribution in [0.2, 0.25) is 0 Å². The van der Waals surface area contributed by atoms with Crippen molar-refractivity contribution in [2.24, 2.45) is 0 Å². The summed E-state index contributed by atoms with van der Waals surface area (Å²) < 4.78 is 0. The van der Waals surface area contributed by atoms with E-state index in [9.17, 15) is 4.79 Å². The molecule has 0 bridgehead atoms. The zero-order valence-corrected chi connectivity index (χ0v) is 14.9. The lowest BCUT2D eigenvalue weighted by molar-refractivity contribution is -0.131. The molecule has 26 heavy (non-hydrogen) atoms. The van der Waals surface area contributed by atoms with E-state index in [0.717, 1.165) is 41.8 Å². The number of aryl methyl sites for hydroxylation is 1. The molecule has 3 aromatic rings. The summed E-state index contributed by atoms with van der Waals surface area (Å²) in [5, 5.41) is 7.39. The van der Waals surface area contributed by atoms with Gasteiger partial charge >= 0.3 is 0 Å². The lowest BCUT2D eigenvalue weighted by Gasteiger charge is -2.25. The number of amides is 1. The van der Waals surface area contributed by atoms with Crippen molar-refractivity contribution in [3.05, 3.63) is 71.8 Å². The standard InChI is InChI=1S/C21H22N4O/c1-15-4-6-16(7-5-15)13-20(26)25-12-2-3-19(25)21-18(14-23-24-21)17-8-10-22-11-9-17/h4-11,14,19H,2-3,12-13H2,1H3,(H,23,24)/t19-/m1/s1. The van der Waals surface area contributed by atoms with E-state index in [0.29, 0.717) is 6.42 Å². The van der Waals surface area contributed by atoms with Crippen molar-refractivity contribution >= 4 is 5.91 Å². The lowest BCUT2D eigenvalue weighted by Crippen LogP contribution is -2.32. The van der Waals surface area contributed by atoms with Gasteiger partial charge in [-0.05, 0) is 43.0 Å². The molecule has 1 aliphatic heterocycles. The monoisotopic (exact) mass is 346 g/mol. The molecule has 1 aliphatic rings. The molecule has 1 aromatic carbocycles. The number of carbonyl (C=O) groups excluding carboxylic acids is 1. The van der Waals surface area contributed by atoms with Crippen molar-refractivity contribution < 1.29 is 4.79 Å². The number of hydrogen-bond acceptors (Lipinski definition) is 3. The van der Waals surface area contributed by atoms with E-state index >= 15 is 0 Å². The van der Waals surface area contributed by atoms with Gasteiger partial charge in [-0.15, -0.1) is 0 Å². The van der Waals surface area contributed by atoms with Crippen LogP contribution < -0.4 is 0 Å². The van der Waals surface area contributed by atoms with Crippen molar-refractivity contribution in [1.29, 1.82) is 0 Å². The Labute approximate surface area is 153 Å². The lowest BCUT2D eigenvalue weighted by atomic mass is 10.0. The molecule has 5 nitrogen and oxygen atoms in total. The first-order valence-electron chi connectivity index (χ1n) is 9.01. The summed E-state index contributed by atoms with van der Waals surface area (Å²) in [6.45, 7) is 2.85. The number of benzene rings is 1. The number of rotatable bonds is 4. The third-order valence-corrected chi connectivity index (χ3v) is 5.04. The zero-order valence-electron chi connectivity index (χ0n) is 14.9. The minimum atomic E-state index is 0.0543. The van der Waals surface area contributed by atoms with Crippen molar-refractivity contribution in [3.63, 3.8) is 0 Å². The highest BCUT2D eigenvalue weighted by Crippen LogP contribution is 2.36. The fourth-order valence-electron chi connectivity index (χ4n) is 3.66. The second kappa shape index (κ2) is 7.12. The molecular weight excluding hydrogens is 324 g/mol. The topological polar surface area (TPSA) is 61.9 Å². The molecule has 2 aromatic heterocycles. The Hall–Kier alpha value is -2.95. The predicted molar refractivity (Wildman–Crippen MR) is 100 cm³/mol. The van der Waals surface area contributed by atoms with E-state index in [1.807, 2.05) is 35.4 Å². The fraction of sp³-hybridized carbons (Fsp3) is 0.286. The molecule has 1 atom stereocenters. The Morgan fingerprint density at radius 1 is 1.19 bits per heavy atom. The van der Waals surface area contributed by atoms with Gasteiger partial charge in [0.15, 0.2) is 0 Å². The molecule has 132 valence electrons. The highest BCUT2D eigenvalue weighted by molar-refractivity contribution is 5.80. The average Bonchev–Trinajstić information content (AvgIpc) is 3.33. The van der Waals surface area contributed by atoms with Crippen molar-refractivity contribution in [2.75, 3.05) is 6.54 Å². The first-order valence-corrected chi connectivity index (χ1v) is 9.01. The van der Waals surface area contributed by atoms with Crippen molar-refractivity contribution in [2.45, 2.75) is 32.2 Å². The Kier molecular flexibility index (Phi) is 4.52. The average molecular weight is 346 g/mol. The molecule has 1 fully saturated rings. The van der Waals surface area contributed by atoms with Gasteiger partial charge in [0, 0.05) is 24.5 Å². The number of aromatic amines is 1. The predicted octanol–water partition coefficient (Wildman–Crippen LogP) is 3.69. The SMILES string of the molecule is Cc1ccc(CC(=O)N2CCC[C@@H]2c2[nH]ncc2-c2ccncc2)cc1. The minimum absolute atomic E-state index is 0.0543. The molecule has 0 aliphatic carbocycles. The first kappa shape index (κ1) is 16.5. The molecule has 0 saturated carbocycles. The van der Waals surface area contributed by atoms with E-state index in [2.05, 4.69) is 34.2 Å². The third-order valence-electron chi connectivity index (χ3n) is 5.04. The van der Waals surface area contributed by atoms with E-state index in [-0.39, 0.29) is 11.9 Å². The summed E-state index contributed by atoms with van der Waals surface area (Å²) in [7, 11) is 0. The van der Waals surface area contributed by atoms with Crippen LogP contribution in [0.15, 0.2) is 55.0 Å². The number of H-pyrrole nitrogens is 1. The summed E-state index contributed by atoms with van der Waals surface area (Å²) >= 11 is 0. The van der Waals surface area contributed by atoms with Gasteiger partial charge in [-0.2, -0.15) is 5.10 Å². The van der Waals surface area contributed by atoms with Crippen LogP contribution in [0.5, 0.6) is 0 Å². The molecule has 3 heterocycles. The van der Waals surface area contributed by atoms with Gasteiger partial charge in [0.25, 0.3) is 0 Å². The highest BCUT2D eigenvalue weighted by atomic mass is 16.2. The maximum absolute atomic E-state index is 12.9. The summed E-state index contributed by atoms with van der Waals surface area (Å²) in [5.41, 5.74) is 5.41. The highest BCUT2D eigenvalue weighted by Gasteiger charge is 2.32. The third kappa shape index (κ3) is 3.25. The molecular formula is C21H22N4O. The van der Waals surface area contributed by atoms with Crippen LogP contribution >= 0.6 is 0 Å². The van der Waals surface area contributed by atoms with Gasteiger partial charge in [-0.25, -0.2) is 0 Å². The summed E-state index contributed by atoms with van der Waals surface area (Å²) in [6, 6.07) is 12.2. The van der Waals surface area contributed by atoms with E-state index in [1.165, 1.54) is 5.56 Å². The van der Waals surface area contributed by atoms with E-state index < -0.39 is 0 Å². The maximum Gasteiger partial charge on any atom is 0.227 e. The normalized spacial score (nSPS) is 16.8. The van der Waals surface area contributed by atoms with Gasteiger partial charge in [0.05, 0.1) is 24.4 Å². The fourth-order valence-corrected chi connectivity index (χ4v) is 3.66. The van der Waals surface area contributed by atoms with Crippen LogP contribution in [0, 0.1) is 6.92 Å². The van der Waals surface area contributed by atoms with Gasteiger partial charge in [0.2, 0.25) is 5.91 Å². The van der Waals surface area contributed by atoms with Crippen LogP contribution in [0.4, 0.5) is 0 Å². The molecule has 4 rings (SSSR count). The second-order valence-corrected chi connectivity index (χ2v) is 6.84. The molecule has 1 amide bonds. The largest absolute Gasteiger partial charge is 0.334 e. The van der Waals surface area contributed by atoms with E-state index in [1.54, 1.807) is 12.4 Å². The minimum Gasteiger partial charge on any atom is -0.334 e. The Morgan fingerprint density at radius 2 is 1.96 bits per heavy atom. The molecule has 0 radical (unpaired) electrons. The molecule has 5 heteroatoms. The summed E-state index contributed by atoms with van der Waals surface area (Å²) in [4.78, 5) is 19.0. The number of nitrogens with one attached hydrogen (secondary N) is 1. The Morgan fingerprint density at radius 3 is 2.73 bits per heavy atom. The molecule has 1 saturated heterocycles. The number of nitrogens with zero attached hydrogens (tertiary/aromatic N) is 3. The van der Waals surface area contributed by atoms with Gasteiger partial charge in [-0.1, -0.05) is 29.8 Å². The van der Waals surface area contributed by atoms with E-state index in [4.69, 9.17) is 0 Å². The van der Waals surface area contributed by atoms with Crippen LogP contribution in [0.3, 0.4) is 0 Å². The molecule has 0 spiro atoms. The Bertz CT molecular complexity index is 886. The Balaban J connectivity index is 1.57. The van der Waals surface area contributed by atoms with Crippen molar-refractivity contribution in [3.8, 4) is 11.1 Å². The summed E-state index contributed by atoms with van der Waals surface area (Å²) in [6.07, 6.45) is 7.81. The smallest absolute Gasteiger partial charge is 0.227 e. The quantitative estimate of drug-likeness (QED) is 0.784. The maximum atomic E-state index is 12.9. The second-order valence-electron chi connectivity index (χ2n) is 6.84. The summed E-state index contributed by atoms with van der Waals surface area (Å²) in [5.74, 6) is 0.173. The van der Waals surface area contributed by atoms with Gasteiger partial charge in [0.1, 0.15) is 0 Å². The number of aromatic nitrogens is 3. The van der Waals surface area contributed by atoms with Crippen LogP contribution in [-0.4, -0.2) is 32.5 Å². The number of likely N-dealkylation sites (tertiary alicyclic amines) is 1. The zero-order chi connectivity index (χ0) is 17.9. The van der Waals surface area contributed by atoms with Crippen LogP contribution in [0.25, 0.3) is 11.1 Å². The first-order chi connectivity index (χ1) is 12.7. The van der Waals surface area contributed by atoms with Crippen LogP contribution in [-0.2, 0) is 11.2 Å².